The number of nitrogens with zero attached hydrogens (tertiary/aromatic N) is 1. The smallest absolute Gasteiger partial charge is 0.363 e. The molecule has 48 valence electrons. The van der Waals surface area contributed by atoms with Gasteiger partial charge in [0.15, 0.2) is 12.1 Å². The summed E-state index contributed by atoms with van der Waals surface area (Å²) in [7, 11) is 0. The van der Waals surface area contributed by atoms with Crippen LogP contribution in [0.4, 0.5) is 0 Å². The van der Waals surface area contributed by atoms with Crippen LogP contribution in [0.15, 0.2) is 16.3 Å². The summed E-state index contributed by atoms with van der Waals surface area (Å²) in [6.45, 7) is 3.64. The van der Waals surface area contributed by atoms with Crippen LogP contribution in [-0.4, -0.2) is 12.4 Å². The number of aliphatic imine (C=N–C) groups is 1. The van der Waals surface area contributed by atoms with Crippen molar-refractivity contribution in [2.75, 3.05) is 0 Å². The van der Waals surface area contributed by atoms with E-state index in [2.05, 4.69) is 9.73 Å². The van der Waals surface area contributed by atoms with Crippen LogP contribution in [0.2, 0.25) is 0 Å². The van der Waals surface area contributed by atoms with Gasteiger partial charge >= 0.3 is 5.97 Å². The number of allylic oxidation sites excluding steroid dienone is 1. The van der Waals surface area contributed by atoms with E-state index in [1.54, 1.807) is 0 Å². The Hall–Kier alpha value is -1.12. The van der Waals surface area contributed by atoms with Crippen molar-refractivity contribution in [3.8, 4) is 0 Å². The molecular formula is C6H7NO2. The lowest BCUT2D eigenvalue weighted by atomic mass is 10.3. The van der Waals surface area contributed by atoms with Gasteiger partial charge in [0.1, 0.15) is 0 Å². The van der Waals surface area contributed by atoms with Gasteiger partial charge in [0, 0.05) is 0 Å². The summed E-state index contributed by atoms with van der Waals surface area (Å²) in [4.78, 5) is 14.3. The molecule has 0 saturated heterocycles. The zero-order valence-corrected chi connectivity index (χ0v) is 5.34. The summed E-state index contributed by atoms with van der Waals surface area (Å²) in [5.74, 6) is -0.352. The Balaban J connectivity index is 2.95. The third-order valence-corrected chi connectivity index (χ3v) is 1.01. The number of hydrogen-bond acceptors (Lipinski definition) is 3. The van der Waals surface area contributed by atoms with Crippen LogP contribution in [-0.2, 0) is 9.53 Å². The molecule has 0 unspecified atom stereocenters. The molecule has 0 fully saturated rings. The van der Waals surface area contributed by atoms with E-state index in [-0.39, 0.29) is 5.97 Å². The van der Waals surface area contributed by atoms with Crippen molar-refractivity contribution in [2.45, 2.75) is 13.8 Å². The Morgan fingerprint density at radius 1 is 1.67 bits per heavy atom. The molecule has 1 heterocycles. The molecule has 0 bridgehead atoms. The highest BCUT2D eigenvalue weighted by Crippen LogP contribution is 2.10. The number of hydrogen-bond donors (Lipinski definition) is 0. The maximum absolute atomic E-state index is 10.6. The van der Waals surface area contributed by atoms with Crippen LogP contribution in [0.1, 0.15) is 13.8 Å². The van der Waals surface area contributed by atoms with Crippen LogP contribution < -0.4 is 0 Å². The SMILES string of the molecule is CC(C)=C1N=COC1=O. The first kappa shape index (κ1) is 6.01. The molecule has 0 aromatic heterocycles. The molecule has 0 spiro atoms. The number of esters is 1. The fourth-order valence-corrected chi connectivity index (χ4v) is 0.569. The first-order valence-corrected chi connectivity index (χ1v) is 2.63. The number of rotatable bonds is 0. The second-order valence-corrected chi connectivity index (χ2v) is 1.99. The molecular weight excluding hydrogens is 118 g/mol. The van der Waals surface area contributed by atoms with E-state index < -0.39 is 0 Å². The van der Waals surface area contributed by atoms with Crippen LogP contribution in [0.5, 0.6) is 0 Å². The lowest BCUT2D eigenvalue weighted by molar-refractivity contribution is -0.129. The average molecular weight is 125 g/mol. The topological polar surface area (TPSA) is 38.7 Å². The zero-order chi connectivity index (χ0) is 6.85. The van der Waals surface area contributed by atoms with Crippen LogP contribution >= 0.6 is 0 Å². The molecule has 0 amide bonds. The molecule has 1 rings (SSSR count). The first-order valence-electron chi connectivity index (χ1n) is 2.63. The Morgan fingerprint density at radius 2 is 2.33 bits per heavy atom. The van der Waals surface area contributed by atoms with Crippen molar-refractivity contribution < 1.29 is 9.53 Å². The molecule has 1 aliphatic heterocycles. The van der Waals surface area contributed by atoms with E-state index >= 15 is 0 Å². The van der Waals surface area contributed by atoms with Gasteiger partial charge in [0.05, 0.1) is 0 Å². The summed E-state index contributed by atoms with van der Waals surface area (Å²) >= 11 is 0. The lowest BCUT2D eigenvalue weighted by Gasteiger charge is -1.89. The highest BCUT2D eigenvalue weighted by atomic mass is 16.5. The summed E-state index contributed by atoms with van der Waals surface area (Å²) in [6, 6.07) is 0. The molecule has 3 nitrogen and oxygen atoms in total. The largest absolute Gasteiger partial charge is 0.410 e. The van der Waals surface area contributed by atoms with Gasteiger partial charge in [-0.15, -0.1) is 0 Å². The zero-order valence-electron chi connectivity index (χ0n) is 5.34. The standard InChI is InChI=1S/C6H7NO2/c1-4(2)5-6(8)9-3-7-5/h3H,1-2H3. The predicted molar refractivity (Wildman–Crippen MR) is 33.0 cm³/mol. The summed E-state index contributed by atoms with van der Waals surface area (Å²) < 4.78 is 4.44. The summed E-state index contributed by atoms with van der Waals surface area (Å²) in [5, 5.41) is 0. The fourth-order valence-electron chi connectivity index (χ4n) is 0.569. The molecule has 1 aliphatic rings. The highest BCUT2D eigenvalue weighted by Gasteiger charge is 2.15. The van der Waals surface area contributed by atoms with E-state index in [9.17, 15) is 4.79 Å². The van der Waals surface area contributed by atoms with Crippen molar-refractivity contribution in [2.24, 2.45) is 4.99 Å². The van der Waals surface area contributed by atoms with Crippen molar-refractivity contribution >= 4 is 12.4 Å². The Morgan fingerprint density at radius 3 is 2.56 bits per heavy atom. The van der Waals surface area contributed by atoms with Crippen LogP contribution in [0, 0.1) is 0 Å². The maximum Gasteiger partial charge on any atom is 0.363 e. The van der Waals surface area contributed by atoms with Crippen LogP contribution in [0.3, 0.4) is 0 Å². The van der Waals surface area contributed by atoms with Gasteiger partial charge in [0.25, 0.3) is 0 Å². The van der Waals surface area contributed by atoms with E-state index in [4.69, 9.17) is 0 Å². The molecule has 0 radical (unpaired) electrons. The quantitative estimate of drug-likeness (QED) is 0.356. The van der Waals surface area contributed by atoms with Crippen molar-refractivity contribution in [3.63, 3.8) is 0 Å². The van der Waals surface area contributed by atoms with E-state index in [1.807, 2.05) is 13.8 Å². The van der Waals surface area contributed by atoms with Crippen molar-refractivity contribution in [3.05, 3.63) is 11.3 Å². The van der Waals surface area contributed by atoms with Gasteiger partial charge in [0.2, 0.25) is 0 Å². The molecule has 0 aromatic rings. The number of carbonyl (C=O) groups is 1. The van der Waals surface area contributed by atoms with Gasteiger partial charge in [-0.2, -0.15) is 0 Å². The normalized spacial score (nSPS) is 16.2. The molecule has 0 saturated carbocycles. The lowest BCUT2D eigenvalue weighted by Crippen LogP contribution is -1.97. The van der Waals surface area contributed by atoms with E-state index in [0.717, 1.165) is 12.0 Å². The van der Waals surface area contributed by atoms with Gasteiger partial charge < -0.3 is 4.74 Å². The molecule has 0 atom stereocenters. The van der Waals surface area contributed by atoms with E-state index in [0.29, 0.717) is 5.70 Å². The second kappa shape index (κ2) is 2.01. The molecule has 3 heteroatoms. The van der Waals surface area contributed by atoms with Gasteiger partial charge in [-0.25, -0.2) is 9.79 Å². The highest BCUT2D eigenvalue weighted by molar-refractivity contribution is 5.98. The van der Waals surface area contributed by atoms with Gasteiger partial charge in [-0.3, -0.25) is 0 Å². The summed E-state index contributed by atoms with van der Waals surface area (Å²) in [6.07, 6.45) is 1.16. The number of cyclic esters (lactones) is 1. The Kier molecular flexibility index (Phi) is 1.34. The second-order valence-electron chi connectivity index (χ2n) is 1.99. The number of carbonyl (C=O) groups excluding carboxylic acids is 1. The first-order chi connectivity index (χ1) is 4.22. The van der Waals surface area contributed by atoms with Crippen LogP contribution in [0.25, 0.3) is 0 Å². The molecule has 0 aromatic carbocycles. The number of ether oxygens (including phenoxy) is 1. The fraction of sp³-hybridized carbons (Fsp3) is 0.333. The van der Waals surface area contributed by atoms with Crippen molar-refractivity contribution in [1.82, 2.24) is 0 Å². The monoisotopic (exact) mass is 125 g/mol. The molecule has 9 heavy (non-hydrogen) atoms. The Bertz CT molecular complexity index is 199. The third-order valence-electron chi connectivity index (χ3n) is 1.01. The third kappa shape index (κ3) is 0.988. The maximum atomic E-state index is 10.6. The van der Waals surface area contributed by atoms with Gasteiger partial charge in [-0.1, -0.05) is 0 Å². The average Bonchev–Trinajstić information content (AvgIpc) is 2.13. The minimum Gasteiger partial charge on any atom is -0.410 e. The molecule has 0 N–H and O–H groups in total. The Labute approximate surface area is 53.0 Å². The summed E-state index contributed by atoms with van der Waals surface area (Å²) in [5.41, 5.74) is 1.31. The minimum absolute atomic E-state index is 0.352. The molecule has 0 aliphatic carbocycles. The minimum atomic E-state index is -0.352. The van der Waals surface area contributed by atoms with Crippen molar-refractivity contribution in [1.29, 1.82) is 0 Å². The van der Waals surface area contributed by atoms with E-state index in [1.165, 1.54) is 0 Å². The van der Waals surface area contributed by atoms with Gasteiger partial charge in [-0.05, 0) is 19.4 Å². The predicted octanol–water partition coefficient (Wildman–Crippen LogP) is 0.865.